The Balaban J connectivity index is 2.22. The van der Waals surface area contributed by atoms with E-state index in [-0.39, 0.29) is 5.56 Å². The third kappa shape index (κ3) is 2.09. The molecule has 3 aromatic rings. The lowest BCUT2D eigenvalue weighted by Gasteiger charge is -2.09. The summed E-state index contributed by atoms with van der Waals surface area (Å²) in [6.07, 6.45) is 6.82. The van der Waals surface area contributed by atoms with Gasteiger partial charge in [0, 0.05) is 30.2 Å². The van der Waals surface area contributed by atoms with E-state index in [1.165, 1.54) is 0 Å². The Hall–Kier alpha value is -2.49. The van der Waals surface area contributed by atoms with Crippen LogP contribution in [0.2, 0.25) is 0 Å². The highest BCUT2D eigenvalue weighted by molar-refractivity contribution is 5.80. The standard InChI is InChI=1S/C16H15N3O/c1-11(2)12-3-7-18-15(9-12)19-8-5-13-10-17-6-4-14(13)16(19)20/h3-11H,1-2H3. The smallest absolute Gasteiger partial charge is 0.264 e. The Bertz CT molecular complexity index is 821. The number of hydrogen-bond donors (Lipinski definition) is 0. The number of pyridine rings is 3. The number of hydrogen-bond acceptors (Lipinski definition) is 3. The zero-order chi connectivity index (χ0) is 14.1. The summed E-state index contributed by atoms with van der Waals surface area (Å²) in [5.41, 5.74) is 1.09. The molecule has 0 amide bonds. The van der Waals surface area contributed by atoms with Gasteiger partial charge in [0.25, 0.3) is 5.56 Å². The lowest BCUT2D eigenvalue weighted by Crippen LogP contribution is -2.18. The molecule has 0 bridgehead atoms. The van der Waals surface area contributed by atoms with Crippen LogP contribution in [-0.4, -0.2) is 14.5 Å². The summed E-state index contributed by atoms with van der Waals surface area (Å²) in [7, 11) is 0. The molecular weight excluding hydrogens is 250 g/mol. The van der Waals surface area contributed by atoms with Crippen molar-refractivity contribution in [2.75, 3.05) is 0 Å². The molecule has 0 N–H and O–H groups in total. The molecule has 0 spiro atoms. The van der Waals surface area contributed by atoms with Gasteiger partial charge in [0.2, 0.25) is 0 Å². The quantitative estimate of drug-likeness (QED) is 0.715. The molecule has 0 aromatic carbocycles. The molecule has 100 valence electrons. The van der Waals surface area contributed by atoms with E-state index in [4.69, 9.17) is 0 Å². The summed E-state index contributed by atoms with van der Waals surface area (Å²) in [5, 5.41) is 1.49. The van der Waals surface area contributed by atoms with Gasteiger partial charge < -0.3 is 0 Å². The van der Waals surface area contributed by atoms with Crippen LogP contribution in [-0.2, 0) is 0 Å². The highest BCUT2D eigenvalue weighted by atomic mass is 16.1. The minimum absolute atomic E-state index is 0.0710. The third-order valence-electron chi connectivity index (χ3n) is 3.39. The largest absolute Gasteiger partial charge is 0.268 e. The average Bonchev–Trinajstić information content (AvgIpc) is 2.48. The van der Waals surface area contributed by atoms with Gasteiger partial charge in [-0.05, 0) is 35.7 Å². The van der Waals surface area contributed by atoms with Crippen LogP contribution in [0.3, 0.4) is 0 Å². The van der Waals surface area contributed by atoms with Gasteiger partial charge in [-0.3, -0.25) is 14.3 Å². The molecule has 0 aliphatic rings. The number of nitrogens with zero attached hydrogens (tertiary/aromatic N) is 3. The number of fused-ring (bicyclic) bond motifs is 1. The first-order valence-electron chi connectivity index (χ1n) is 6.58. The van der Waals surface area contributed by atoms with Crippen molar-refractivity contribution in [2.45, 2.75) is 19.8 Å². The van der Waals surface area contributed by atoms with E-state index in [1.807, 2.05) is 18.2 Å². The van der Waals surface area contributed by atoms with Crippen molar-refractivity contribution >= 4 is 10.8 Å². The summed E-state index contributed by atoms with van der Waals surface area (Å²) in [5.74, 6) is 1.05. The van der Waals surface area contributed by atoms with Gasteiger partial charge in [0.15, 0.2) is 0 Å². The zero-order valence-electron chi connectivity index (χ0n) is 11.4. The van der Waals surface area contributed by atoms with E-state index in [0.717, 1.165) is 10.9 Å². The topological polar surface area (TPSA) is 47.8 Å². The molecule has 20 heavy (non-hydrogen) atoms. The van der Waals surface area contributed by atoms with Crippen LogP contribution >= 0.6 is 0 Å². The van der Waals surface area contributed by atoms with Gasteiger partial charge in [-0.25, -0.2) is 4.98 Å². The molecule has 3 rings (SSSR count). The first kappa shape index (κ1) is 12.5. The van der Waals surface area contributed by atoms with Crippen LogP contribution in [0.1, 0.15) is 25.3 Å². The van der Waals surface area contributed by atoms with E-state index in [0.29, 0.717) is 17.1 Å². The van der Waals surface area contributed by atoms with Crippen molar-refractivity contribution < 1.29 is 0 Å². The highest BCUT2D eigenvalue weighted by Crippen LogP contribution is 2.16. The average molecular weight is 265 g/mol. The van der Waals surface area contributed by atoms with Crippen LogP contribution in [0.25, 0.3) is 16.6 Å². The first-order chi connectivity index (χ1) is 9.66. The maximum absolute atomic E-state index is 12.5. The molecule has 0 atom stereocenters. The summed E-state index contributed by atoms with van der Waals surface area (Å²) < 4.78 is 1.58. The van der Waals surface area contributed by atoms with Gasteiger partial charge in [-0.1, -0.05) is 13.8 Å². The van der Waals surface area contributed by atoms with Gasteiger partial charge in [-0.15, -0.1) is 0 Å². The maximum atomic E-state index is 12.5. The normalized spacial score (nSPS) is 11.2. The molecule has 0 saturated heterocycles. The molecule has 3 aromatic heterocycles. The summed E-state index contributed by atoms with van der Waals surface area (Å²) in [6, 6.07) is 7.55. The van der Waals surface area contributed by atoms with Crippen LogP contribution in [0.5, 0.6) is 0 Å². The third-order valence-corrected chi connectivity index (χ3v) is 3.39. The molecule has 0 fully saturated rings. The molecule has 0 unspecified atom stereocenters. The minimum Gasteiger partial charge on any atom is -0.268 e. The molecule has 0 radical (unpaired) electrons. The van der Waals surface area contributed by atoms with Gasteiger partial charge in [-0.2, -0.15) is 0 Å². The fourth-order valence-electron chi connectivity index (χ4n) is 2.19. The van der Waals surface area contributed by atoms with E-state index in [1.54, 1.807) is 35.4 Å². The fourth-order valence-corrected chi connectivity index (χ4v) is 2.19. The number of aromatic nitrogens is 3. The van der Waals surface area contributed by atoms with Gasteiger partial charge >= 0.3 is 0 Å². The monoisotopic (exact) mass is 265 g/mol. The predicted molar refractivity (Wildman–Crippen MR) is 79.2 cm³/mol. The van der Waals surface area contributed by atoms with E-state index in [9.17, 15) is 4.79 Å². The lowest BCUT2D eigenvalue weighted by atomic mass is 10.1. The fraction of sp³-hybridized carbons (Fsp3) is 0.188. The van der Waals surface area contributed by atoms with Crippen molar-refractivity contribution in [1.82, 2.24) is 14.5 Å². The van der Waals surface area contributed by atoms with Crippen LogP contribution < -0.4 is 5.56 Å². The molecule has 3 heterocycles. The summed E-state index contributed by atoms with van der Waals surface area (Å²) in [6.45, 7) is 4.24. The van der Waals surface area contributed by atoms with E-state index in [2.05, 4.69) is 23.8 Å². The van der Waals surface area contributed by atoms with E-state index >= 15 is 0 Å². The first-order valence-corrected chi connectivity index (χ1v) is 6.58. The predicted octanol–water partition coefficient (Wildman–Crippen LogP) is 2.90. The molecule has 0 saturated carbocycles. The van der Waals surface area contributed by atoms with Crippen molar-refractivity contribution in [3.8, 4) is 5.82 Å². The SMILES string of the molecule is CC(C)c1ccnc(-n2ccc3cnccc3c2=O)c1. The van der Waals surface area contributed by atoms with Gasteiger partial charge in [0.05, 0.1) is 5.39 Å². The Morgan fingerprint density at radius 1 is 1.15 bits per heavy atom. The molecule has 0 aliphatic heterocycles. The van der Waals surface area contributed by atoms with Gasteiger partial charge in [0.1, 0.15) is 5.82 Å². The molecule has 0 aliphatic carbocycles. The summed E-state index contributed by atoms with van der Waals surface area (Å²) >= 11 is 0. The van der Waals surface area contributed by atoms with E-state index < -0.39 is 0 Å². The lowest BCUT2D eigenvalue weighted by molar-refractivity contribution is 0.851. The highest BCUT2D eigenvalue weighted by Gasteiger charge is 2.07. The molecule has 4 heteroatoms. The summed E-state index contributed by atoms with van der Waals surface area (Å²) in [4.78, 5) is 20.8. The van der Waals surface area contributed by atoms with Crippen molar-refractivity contribution in [3.05, 3.63) is 65.0 Å². The number of rotatable bonds is 2. The van der Waals surface area contributed by atoms with Crippen LogP contribution in [0, 0.1) is 0 Å². The Kier molecular flexibility index (Phi) is 3.06. The van der Waals surface area contributed by atoms with Crippen molar-refractivity contribution in [3.63, 3.8) is 0 Å². The minimum atomic E-state index is -0.0710. The maximum Gasteiger partial charge on any atom is 0.264 e. The Labute approximate surface area is 116 Å². The molecule has 4 nitrogen and oxygen atoms in total. The zero-order valence-corrected chi connectivity index (χ0v) is 11.4. The Morgan fingerprint density at radius 3 is 2.80 bits per heavy atom. The van der Waals surface area contributed by atoms with Crippen LogP contribution in [0.4, 0.5) is 0 Å². The second kappa shape index (κ2) is 4.89. The Morgan fingerprint density at radius 2 is 2.00 bits per heavy atom. The van der Waals surface area contributed by atoms with Crippen molar-refractivity contribution in [1.29, 1.82) is 0 Å². The van der Waals surface area contributed by atoms with Crippen molar-refractivity contribution in [2.24, 2.45) is 0 Å². The van der Waals surface area contributed by atoms with Crippen LogP contribution in [0.15, 0.2) is 53.8 Å². The molecular formula is C16H15N3O. The second-order valence-electron chi connectivity index (χ2n) is 5.06. The second-order valence-corrected chi connectivity index (χ2v) is 5.06.